The first kappa shape index (κ1) is 17.3. The highest BCUT2D eigenvalue weighted by molar-refractivity contribution is 7.98. The zero-order valence-corrected chi connectivity index (χ0v) is 16.1. The van der Waals surface area contributed by atoms with Crippen LogP contribution in [0.4, 0.5) is 0 Å². The topological polar surface area (TPSA) is 56.7 Å². The third kappa shape index (κ3) is 4.35. The van der Waals surface area contributed by atoms with Crippen LogP contribution in [0, 0.1) is 0 Å². The second-order valence-corrected chi connectivity index (χ2v) is 7.97. The van der Waals surface area contributed by atoms with Crippen molar-refractivity contribution in [3.05, 3.63) is 81.4 Å². The van der Waals surface area contributed by atoms with Gasteiger partial charge in [-0.2, -0.15) is 0 Å². The number of hydrogen-bond donors (Lipinski definition) is 0. The van der Waals surface area contributed by atoms with Crippen LogP contribution in [-0.4, -0.2) is 19.7 Å². The van der Waals surface area contributed by atoms with Gasteiger partial charge in [-0.3, -0.25) is 0 Å². The molecular weight excluding hydrogens is 388 g/mol. The lowest BCUT2D eigenvalue weighted by molar-refractivity contribution is 0.484. The summed E-state index contributed by atoms with van der Waals surface area (Å²) >= 11 is 9.23. The molecule has 0 amide bonds. The zero-order chi connectivity index (χ0) is 17.8. The normalized spacial score (nSPS) is 11.1. The van der Waals surface area contributed by atoms with Crippen molar-refractivity contribution in [2.45, 2.75) is 23.9 Å². The first-order chi connectivity index (χ1) is 12.8. The molecule has 0 radical (unpaired) electrons. The van der Waals surface area contributed by atoms with Crippen molar-refractivity contribution in [2.75, 3.05) is 0 Å². The molecule has 0 fully saturated rings. The van der Waals surface area contributed by atoms with Crippen molar-refractivity contribution in [3.63, 3.8) is 0 Å². The van der Waals surface area contributed by atoms with E-state index >= 15 is 0 Å². The van der Waals surface area contributed by atoms with Gasteiger partial charge in [-0.1, -0.05) is 35.5 Å². The first-order valence-corrected chi connectivity index (χ1v) is 10.2. The number of furan rings is 1. The number of halogens is 1. The van der Waals surface area contributed by atoms with Crippen LogP contribution in [0.3, 0.4) is 0 Å². The van der Waals surface area contributed by atoms with Crippen molar-refractivity contribution < 1.29 is 4.42 Å². The van der Waals surface area contributed by atoms with E-state index in [0.29, 0.717) is 6.54 Å². The molecule has 0 bridgehead atoms. The summed E-state index contributed by atoms with van der Waals surface area (Å²) in [7, 11) is 0. The Morgan fingerprint density at radius 2 is 2.08 bits per heavy atom. The van der Waals surface area contributed by atoms with Crippen molar-refractivity contribution in [2.24, 2.45) is 0 Å². The Morgan fingerprint density at radius 1 is 1.19 bits per heavy atom. The van der Waals surface area contributed by atoms with Crippen molar-refractivity contribution in [3.8, 4) is 0 Å². The van der Waals surface area contributed by atoms with Gasteiger partial charge < -0.3 is 8.98 Å². The summed E-state index contributed by atoms with van der Waals surface area (Å²) in [6, 6.07) is 11.7. The highest BCUT2D eigenvalue weighted by atomic mass is 35.5. The molecule has 0 aliphatic carbocycles. The SMILES string of the molecule is Clc1ccc(Cc2nc(CSc3nncn3Cc3ccco3)cs2)cc1. The molecular formula is C18H15ClN4OS2. The van der Waals surface area contributed by atoms with Gasteiger partial charge in [0.25, 0.3) is 0 Å². The Hall–Kier alpha value is -2.09. The van der Waals surface area contributed by atoms with Gasteiger partial charge in [0, 0.05) is 22.6 Å². The third-order valence-electron chi connectivity index (χ3n) is 3.70. The quantitative estimate of drug-likeness (QED) is 0.411. The van der Waals surface area contributed by atoms with Crippen LogP contribution in [0.1, 0.15) is 22.0 Å². The van der Waals surface area contributed by atoms with E-state index in [9.17, 15) is 0 Å². The molecule has 132 valence electrons. The molecule has 3 aromatic heterocycles. The minimum atomic E-state index is 0.626. The highest BCUT2D eigenvalue weighted by Gasteiger charge is 2.10. The molecule has 1 aromatic carbocycles. The summed E-state index contributed by atoms with van der Waals surface area (Å²) in [4.78, 5) is 4.72. The molecule has 0 aliphatic rings. The smallest absolute Gasteiger partial charge is 0.191 e. The summed E-state index contributed by atoms with van der Waals surface area (Å²) < 4.78 is 7.36. The molecule has 0 spiro atoms. The summed E-state index contributed by atoms with van der Waals surface area (Å²) in [5.74, 6) is 1.64. The average molecular weight is 403 g/mol. The number of thioether (sulfide) groups is 1. The second kappa shape index (κ2) is 8.07. The van der Waals surface area contributed by atoms with Crippen LogP contribution < -0.4 is 0 Å². The first-order valence-electron chi connectivity index (χ1n) is 7.97. The molecule has 0 aliphatic heterocycles. The fourth-order valence-corrected chi connectivity index (χ4v) is 4.31. The number of benzene rings is 1. The third-order valence-corrected chi connectivity index (χ3v) is 5.87. The van der Waals surface area contributed by atoms with Gasteiger partial charge in [0.1, 0.15) is 12.1 Å². The molecule has 0 saturated carbocycles. The Morgan fingerprint density at radius 3 is 2.88 bits per heavy atom. The fraction of sp³-hybridized carbons (Fsp3) is 0.167. The number of aromatic nitrogens is 4. The standard InChI is InChI=1S/C18H15ClN4OS2/c19-14-5-3-13(4-6-14)8-17-21-15(10-25-17)11-26-18-22-20-12-23(18)9-16-2-1-7-24-16/h1-7,10,12H,8-9,11H2. The maximum atomic E-state index is 5.93. The predicted molar refractivity (Wildman–Crippen MR) is 104 cm³/mol. The van der Waals surface area contributed by atoms with Crippen LogP contribution in [-0.2, 0) is 18.7 Å². The van der Waals surface area contributed by atoms with Crippen LogP contribution >= 0.6 is 34.7 Å². The highest BCUT2D eigenvalue weighted by Crippen LogP contribution is 2.24. The molecule has 0 atom stereocenters. The van der Waals surface area contributed by atoms with Crippen LogP contribution in [0.15, 0.2) is 63.9 Å². The second-order valence-electron chi connectivity index (χ2n) is 5.65. The molecule has 0 N–H and O–H groups in total. The summed E-state index contributed by atoms with van der Waals surface area (Å²) in [5.41, 5.74) is 2.26. The largest absolute Gasteiger partial charge is 0.467 e. The molecule has 0 saturated heterocycles. The van der Waals surface area contributed by atoms with Gasteiger partial charge in [-0.15, -0.1) is 21.5 Å². The molecule has 4 rings (SSSR count). The predicted octanol–water partition coefficient (Wildman–Crippen LogP) is 4.91. The van der Waals surface area contributed by atoms with E-state index in [1.165, 1.54) is 5.56 Å². The minimum absolute atomic E-state index is 0.626. The van der Waals surface area contributed by atoms with Gasteiger partial charge >= 0.3 is 0 Å². The lowest BCUT2D eigenvalue weighted by Crippen LogP contribution is -1.99. The Bertz CT molecular complexity index is 963. The number of hydrogen-bond acceptors (Lipinski definition) is 6. The van der Waals surface area contributed by atoms with E-state index in [1.807, 2.05) is 41.0 Å². The summed E-state index contributed by atoms with van der Waals surface area (Å²) in [5, 5.41) is 13.0. The maximum Gasteiger partial charge on any atom is 0.191 e. The minimum Gasteiger partial charge on any atom is -0.467 e. The zero-order valence-electron chi connectivity index (χ0n) is 13.7. The van der Waals surface area contributed by atoms with E-state index in [1.54, 1.807) is 35.7 Å². The van der Waals surface area contributed by atoms with Gasteiger partial charge in [-0.25, -0.2) is 4.98 Å². The van der Waals surface area contributed by atoms with Crippen LogP contribution in [0.25, 0.3) is 0 Å². The Kier molecular flexibility index (Phi) is 5.38. The van der Waals surface area contributed by atoms with Gasteiger partial charge in [0.2, 0.25) is 0 Å². The number of rotatable bonds is 7. The molecule has 26 heavy (non-hydrogen) atoms. The Balaban J connectivity index is 1.36. The van der Waals surface area contributed by atoms with E-state index in [-0.39, 0.29) is 0 Å². The van der Waals surface area contributed by atoms with Crippen LogP contribution in [0.2, 0.25) is 5.02 Å². The van der Waals surface area contributed by atoms with Gasteiger partial charge in [0.05, 0.1) is 23.5 Å². The number of thiazole rings is 1. The molecule has 8 heteroatoms. The molecule has 4 aromatic rings. The summed E-state index contributed by atoms with van der Waals surface area (Å²) in [6.45, 7) is 0.626. The lowest BCUT2D eigenvalue weighted by atomic mass is 10.2. The number of nitrogens with zero attached hydrogens (tertiary/aromatic N) is 4. The summed E-state index contributed by atoms with van der Waals surface area (Å²) in [6.07, 6.45) is 4.21. The monoisotopic (exact) mass is 402 g/mol. The molecule has 5 nitrogen and oxygen atoms in total. The van der Waals surface area contributed by atoms with Gasteiger partial charge in [-0.05, 0) is 29.8 Å². The van der Waals surface area contributed by atoms with E-state index in [2.05, 4.69) is 15.6 Å². The average Bonchev–Trinajstić information content (AvgIpc) is 3.39. The lowest BCUT2D eigenvalue weighted by Gasteiger charge is -2.03. The van der Waals surface area contributed by atoms with Crippen molar-refractivity contribution in [1.29, 1.82) is 0 Å². The maximum absolute atomic E-state index is 5.93. The van der Waals surface area contributed by atoms with Crippen molar-refractivity contribution in [1.82, 2.24) is 19.7 Å². The van der Waals surface area contributed by atoms with E-state index in [0.717, 1.165) is 38.8 Å². The fourth-order valence-electron chi connectivity index (χ4n) is 2.45. The van der Waals surface area contributed by atoms with Crippen molar-refractivity contribution >= 4 is 34.7 Å². The van der Waals surface area contributed by atoms with Gasteiger partial charge in [0.15, 0.2) is 5.16 Å². The Labute approximate surface area is 164 Å². The van der Waals surface area contributed by atoms with E-state index < -0.39 is 0 Å². The van der Waals surface area contributed by atoms with Crippen LogP contribution in [0.5, 0.6) is 0 Å². The molecule has 3 heterocycles. The van der Waals surface area contributed by atoms with E-state index in [4.69, 9.17) is 21.0 Å². The molecule has 0 unspecified atom stereocenters.